The van der Waals surface area contributed by atoms with Crippen LogP contribution in [0.2, 0.25) is 0 Å². The minimum atomic E-state index is -2.12. The van der Waals surface area contributed by atoms with E-state index in [0.717, 1.165) is 12.8 Å². The molecule has 0 heterocycles. The molecular weight excluding hydrogens is 277 g/mol. The first-order valence-electron chi connectivity index (χ1n) is 6.53. The number of hydrogen-bond donors (Lipinski definition) is 1. The van der Waals surface area contributed by atoms with E-state index in [1.165, 1.54) is 7.05 Å². The number of benzene rings is 1. The molecule has 0 amide bonds. The molecule has 1 nitrogen and oxygen atoms in total. The molecule has 0 spiro atoms. The van der Waals surface area contributed by atoms with Crippen molar-refractivity contribution in [1.29, 1.82) is 0 Å². The first-order valence-corrected chi connectivity index (χ1v) is 6.53. The molecule has 0 aromatic heterocycles. The summed E-state index contributed by atoms with van der Waals surface area (Å²) in [5.41, 5.74) is -0.785. The van der Waals surface area contributed by atoms with Crippen LogP contribution in [0, 0.1) is 35.0 Å². The molecule has 0 aliphatic carbocycles. The van der Waals surface area contributed by atoms with Crippen molar-refractivity contribution in [3.8, 4) is 0 Å². The SMILES string of the molecule is CCCC(C)CC(NC)c1c(F)c(F)c(F)c(F)c1F. The van der Waals surface area contributed by atoms with Gasteiger partial charge in [-0.25, -0.2) is 22.0 Å². The second kappa shape index (κ2) is 7.02. The fourth-order valence-corrected chi connectivity index (χ4v) is 2.32. The Labute approximate surface area is 115 Å². The van der Waals surface area contributed by atoms with Crippen molar-refractivity contribution in [1.82, 2.24) is 5.32 Å². The van der Waals surface area contributed by atoms with E-state index >= 15 is 0 Å². The van der Waals surface area contributed by atoms with Gasteiger partial charge in [-0.3, -0.25) is 0 Å². The van der Waals surface area contributed by atoms with Crippen LogP contribution in [0.1, 0.15) is 44.7 Å². The molecule has 2 atom stereocenters. The van der Waals surface area contributed by atoms with Crippen LogP contribution in [-0.4, -0.2) is 7.05 Å². The second-order valence-electron chi connectivity index (χ2n) is 4.95. The normalized spacial score (nSPS) is 14.4. The van der Waals surface area contributed by atoms with E-state index in [0.29, 0.717) is 6.42 Å². The summed E-state index contributed by atoms with van der Waals surface area (Å²) < 4.78 is 66.8. The molecular formula is C14H18F5N. The van der Waals surface area contributed by atoms with E-state index in [-0.39, 0.29) is 5.92 Å². The number of halogens is 5. The zero-order valence-electron chi connectivity index (χ0n) is 11.7. The lowest BCUT2D eigenvalue weighted by Gasteiger charge is -2.22. The molecule has 1 rings (SSSR count). The Morgan fingerprint density at radius 2 is 1.35 bits per heavy atom. The van der Waals surface area contributed by atoms with Crippen LogP contribution in [0.3, 0.4) is 0 Å². The Balaban J connectivity index is 3.22. The summed E-state index contributed by atoms with van der Waals surface area (Å²) in [6, 6.07) is -0.916. The van der Waals surface area contributed by atoms with Crippen LogP contribution < -0.4 is 5.32 Å². The minimum Gasteiger partial charge on any atom is -0.313 e. The minimum absolute atomic E-state index is 0.104. The topological polar surface area (TPSA) is 12.0 Å². The highest BCUT2D eigenvalue weighted by Gasteiger charge is 2.30. The van der Waals surface area contributed by atoms with Gasteiger partial charge in [-0.1, -0.05) is 26.7 Å². The maximum atomic E-state index is 13.7. The largest absolute Gasteiger partial charge is 0.313 e. The van der Waals surface area contributed by atoms with Crippen LogP contribution in [0.15, 0.2) is 0 Å². The predicted octanol–water partition coefficient (Wildman–Crippen LogP) is 4.47. The van der Waals surface area contributed by atoms with Crippen LogP contribution in [0.5, 0.6) is 0 Å². The molecule has 0 aliphatic rings. The van der Waals surface area contributed by atoms with Gasteiger partial charge in [-0.2, -0.15) is 0 Å². The smallest absolute Gasteiger partial charge is 0.200 e. The van der Waals surface area contributed by atoms with Gasteiger partial charge in [0.05, 0.1) is 0 Å². The lowest BCUT2D eigenvalue weighted by atomic mass is 9.92. The summed E-state index contributed by atoms with van der Waals surface area (Å²) in [5, 5.41) is 2.63. The van der Waals surface area contributed by atoms with Crippen molar-refractivity contribution in [3.05, 3.63) is 34.6 Å². The molecule has 0 saturated heterocycles. The van der Waals surface area contributed by atoms with E-state index in [2.05, 4.69) is 5.32 Å². The Kier molecular flexibility index (Phi) is 5.92. The summed E-state index contributed by atoms with van der Waals surface area (Å²) in [7, 11) is 1.43. The Bertz CT molecular complexity index is 446. The number of rotatable bonds is 6. The van der Waals surface area contributed by atoms with Crippen LogP contribution in [0.25, 0.3) is 0 Å². The average molecular weight is 295 g/mol. The summed E-state index contributed by atoms with van der Waals surface area (Å²) in [4.78, 5) is 0. The molecule has 20 heavy (non-hydrogen) atoms. The first-order chi connectivity index (χ1) is 9.34. The van der Waals surface area contributed by atoms with Gasteiger partial charge >= 0.3 is 0 Å². The third-order valence-electron chi connectivity index (χ3n) is 3.36. The lowest BCUT2D eigenvalue weighted by Crippen LogP contribution is -2.23. The van der Waals surface area contributed by atoms with Crippen molar-refractivity contribution < 1.29 is 22.0 Å². The molecule has 0 fully saturated rings. The van der Waals surface area contributed by atoms with Gasteiger partial charge in [-0.05, 0) is 19.4 Å². The van der Waals surface area contributed by atoms with E-state index in [1.807, 2.05) is 13.8 Å². The third kappa shape index (κ3) is 3.29. The molecule has 0 aliphatic heterocycles. The maximum absolute atomic E-state index is 13.7. The van der Waals surface area contributed by atoms with Gasteiger partial charge in [0.1, 0.15) is 0 Å². The van der Waals surface area contributed by atoms with Gasteiger partial charge in [0.25, 0.3) is 0 Å². The van der Waals surface area contributed by atoms with E-state index in [4.69, 9.17) is 0 Å². The average Bonchev–Trinajstić information content (AvgIpc) is 2.42. The highest BCUT2D eigenvalue weighted by Crippen LogP contribution is 2.31. The first kappa shape index (κ1) is 16.9. The van der Waals surface area contributed by atoms with Gasteiger partial charge in [0.15, 0.2) is 23.3 Å². The van der Waals surface area contributed by atoms with E-state index in [9.17, 15) is 22.0 Å². The van der Waals surface area contributed by atoms with Crippen molar-refractivity contribution in [2.75, 3.05) is 7.05 Å². The molecule has 0 radical (unpaired) electrons. The molecule has 1 N–H and O–H groups in total. The highest BCUT2D eigenvalue weighted by molar-refractivity contribution is 5.27. The number of nitrogens with one attached hydrogen (secondary N) is 1. The Morgan fingerprint density at radius 3 is 1.75 bits per heavy atom. The lowest BCUT2D eigenvalue weighted by molar-refractivity contribution is 0.339. The summed E-state index contributed by atoms with van der Waals surface area (Å²) >= 11 is 0. The Morgan fingerprint density at radius 1 is 0.900 bits per heavy atom. The third-order valence-corrected chi connectivity index (χ3v) is 3.36. The fourth-order valence-electron chi connectivity index (χ4n) is 2.32. The predicted molar refractivity (Wildman–Crippen MR) is 66.7 cm³/mol. The molecule has 114 valence electrons. The van der Waals surface area contributed by atoms with Crippen LogP contribution in [-0.2, 0) is 0 Å². The molecule has 0 bridgehead atoms. The van der Waals surface area contributed by atoms with E-state index < -0.39 is 40.7 Å². The standard InChI is InChI=1S/C14H18F5N/c1-4-5-7(2)6-8(20-3)9-10(15)12(17)14(19)13(18)11(9)16/h7-8,20H,4-6H2,1-3H3. The van der Waals surface area contributed by atoms with Crippen LogP contribution in [0.4, 0.5) is 22.0 Å². The zero-order chi connectivity index (χ0) is 15.4. The molecule has 6 heteroatoms. The highest BCUT2D eigenvalue weighted by atomic mass is 19.2. The van der Waals surface area contributed by atoms with Gasteiger partial charge in [0.2, 0.25) is 5.82 Å². The fraction of sp³-hybridized carbons (Fsp3) is 0.571. The summed E-state index contributed by atoms with van der Waals surface area (Å²) in [6.45, 7) is 3.84. The molecule has 1 aromatic rings. The van der Waals surface area contributed by atoms with Gasteiger partial charge < -0.3 is 5.32 Å². The van der Waals surface area contributed by atoms with Crippen molar-refractivity contribution >= 4 is 0 Å². The summed E-state index contributed by atoms with van der Waals surface area (Å²) in [5.74, 6) is -9.34. The zero-order valence-corrected chi connectivity index (χ0v) is 11.7. The van der Waals surface area contributed by atoms with Crippen LogP contribution >= 0.6 is 0 Å². The molecule has 0 saturated carbocycles. The summed E-state index contributed by atoms with van der Waals surface area (Å²) in [6.07, 6.45) is 1.99. The molecule has 1 aromatic carbocycles. The second-order valence-corrected chi connectivity index (χ2v) is 4.95. The Hall–Kier alpha value is -1.17. The maximum Gasteiger partial charge on any atom is 0.200 e. The van der Waals surface area contributed by atoms with Crippen molar-refractivity contribution in [3.63, 3.8) is 0 Å². The quantitative estimate of drug-likeness (QED) is 0.464. The van der Waals surface area contributed by atoms with E-state index in [1.54, 1.807) is 0 Å². The van der Waals surface area contributed by atoms with Gasteiger partial charge in [-0.15, -0.1) is 0 Å². The van der Waals surface area contributed by atoms with Crippen molar-refractivity contribution in [2.45, 2.75) is 39.2 Å². The number of hydrogen-bond acceptors (Lipinski definition) is 1. The van der Waals surface area contributed by atoms with Gasteiger partial charge in [0, 0.05) is 11.6 Å². The molecule has 2 unspecified atom stereocenters. The van der Waals surface area contributed by atoms with Crippen molar-refractivity contribution in [2.24, 2.45) is 5.92 Å². The monoisotopic (exact) mass is 295 g/mol.